The third kappa shape index (κ3) is 1.85. The molecule has 1 amide bonds. The predicted octanol–water partition coefficient (Wildman–Crippen LogP) is 1.49. The van der Waals surface area contributed by atoms with E-state index >= 15 is 0 Å². The molecular formula is C13H19N3O. The quantitative estimate of drug-likeness (QED) is 0.737. The van der Waals surface area contributed by atoms with Gasteiger partial charge >= 0.3 is 0 Å². The lowest BCUT2D eigenvalue weighted by Gasteiger charge is -2.30. The molecule has 2 heterocycles. The molecule has 1 aliphatic carbocycles. The van der Waals surface area contributed by atoms with E-state index in [1.54, 1.807) is 0 Å². The maximum absolute atomic E-state index is 12.2. The molecule has 4 heteroatoms. The summed E-state index contributed by atoms with van der Waals surface area (Å²) >= 11 is 0. The van der Waals surface area contributed by atoms with E-state index in [1.165, 1.54) is 17.7 Å². The normalized spacial score (nSPS) is 20.6. The van der Waals surface area contributed by atoms with E-state index in [0.717, 1.165) is 38.8 Å². The fourth-order valence-electron chi connectivity index (χ4n) is 2.79. The van der Waals surface area contributed by atoms with Gasteiger partial charge in [0.25, 0.3) is 0 Å². The summed E-state index contributed by atoms with van der Waals surface area (Å²) in [7, 11) is 1.99. The van der Waals surface area contributed by atoms with E-state index in [1.807, 2.05) is 22.8 Å². The highest BCUT2D eigenvalue weighted by Gasteiger charge is 2.30. The highest BCUT2D eigenvalue weighted by atomic mass is 16.2. The van der Waals surface area contributed by atoms with Crippen LogP contribution < -0.4 is 0 Å². The number of nitrogens with zero attached hydrogens (tertiary/aromatic N) is 3. The van der Waals surface area contributed by atoms with Crippen LogP contribution in [0.1, 0.15) is 36.9 Å². The molecule has 17 heavy (non-hydrogen) atoms. The van der Waals surface area contributed by atoms with Crippen LogP contribution in [-0.2, 0) is 24.8 Å². The number of carbonyl (C=O) groups excluding carboxylic acids is 1. The molecule has 1 saturated carbocycles. The Morgan fingerprint density at radius 1 is 1.41 bits per heavy atom. The van der Waals surface area contributed by atoms with Crippen molar-refractivity contribution >= 4 is 5.91 Å². The van der Waals surface area contributed by atoms with Crippen LogP contribution in [0, 0.1) is 5.92 Å². The Kier molecular flexibility index (Phi) is 2.65. The molecule has 1 aromatic heterocycles. The summed E-state index contributed by atoms with van der Waals surface area (Å²) in [4.78, 5) is 14.3. The van der Waals surface area contributed by atoms with Gasteiger partial charge in [0, 0.05) is 37.3 Å². The molecule has 0 saturated heterocycles. The summed E-state index contributed by atoms with van der Waals surface area (Å²) < 4.78 is 1.95. The number of fused-ring (bicyclic) bond motifs is 1. The van der Waals surface area contributed by atoms with Gasteiger partial charge in [0.2, 0.25) is 5.91 Å². The summed E-state index contributed by atoms with van der Waals surface area (Å²) in [5, 5.41) is 4.29. The Morgan fingerprint density at radius 2 is 2.24 bits per heavy atom. The number of hydrogen-bond donors (Lipinski definition) is 0. The Labute approximate surface area is 102 Å². The fourth-order valence-corrected chi connectivity index (χ4v) is 2.79. The standard InChI is InChI=1S/C13H19N3O/c1-15-12-6-3-7-16(9-11(12)8-14-15)13(17)10-4-2-5-10/h8,10H,2-7,9H2,1H3. The molecule has 1 aromatic rings. The third-order valence-electron chi connectivity index (χ3n) is 4.12. The summed E-state index contributed by atoms with van der Waals surface area (Å²) in [5.74, 6) is 0.682. The first kappa shape index (κ1) is 10.8. The zero-order valence-corrected chi connectivity index (χ0v) is 10.4. The van der Waals surface area contributed by atoms with E-state index in [2.05, 4.69) is 5.10 Å². The average molecular weight is 233 g/mol. The number of aryl methyl sites for hydroxylation is 1. The Morgan fingerprint density at radius 3 is 2.94 bits per heavy atom. The molecule has 0 spiro atoms. The van der Waals surface area contributed by atoms with Crippen molar-refractivity contribution in [2.24, 2.45) is 13.0 Å². The monoisotopic (exact) mass is 233 g/mol. The summed E-state index contributed by atoms with van der Waals surface area (Å²) in [5.41, 5.74) is 2.53. The van der Waals surface area contributed by atoms with Crippen molar-refractivity contribution in [1.82, 2.24) is 14.7 Å². The van der Waals surface area contributed by atoms with Crippen molar-refractivity contribution < 1.29 is 4.79 Å². The van der Waals surface area contributed by atoms with Gasteiger partial charge in [-0.3, -0.25) is 9.48 Å². The smallest absolute Gasteiger partial charge is 0.225 e. The third-order valence-corrected chi connectivity index (χ3v) is 4.12. The number of carbonyl (C=O) groups is 1. The molecule has 2 aliphatic rings. The second-order valence-electron chi connectivity index (χ2n) is 5.23. The number of hydrogen-bond acceptors (Lipinski definition) is 2. The first-order valence-corrected chi connectivity index (χ1v) is 6.54. The molecular weight excluding hydrogens is 214 g/mol. The number of amides is 1. The van der Waals surface area contributed by atoms with Crippen LogP contribution in [0.25, 0.3) is 0 Å². The van der Waals surface area contributed by atoms with E-state index < -0.39 is 0 Å². The van der Waals surface area contributed by atoms with Gasteiger partial charge in [-0.05, 0) is 25.7 Å². The molecule has 1 fully saturated rings. The number of aromatic nitrogens is 2. The molecule has 0 radical (unpaired) electrons. The minimum absolute atomic E-state index is 0.313. The molecule has 3 rings (SSSR count). The van der Waals surface area contributed by atoms with E-state index in [-0.39, 0.29) is 0 Å². The maximum Gasteiger partial charge on any atom is 0.225 e. The van der Waals surface area contributed by atoms with Crippen molar-refractivity contribution in [3.63, 3.8) is 0 Å². The Hall–Kier alpha value is -1.32. The largest absolute Gasteiger partial charge is 0.338 e. The zero-order valence-electron chi connectivity index (χ0n) is 10.4. The molecule has 92 valence electrons. The molecule has 4 nitrogen and oxygen atoms in total. The van der Waals surface area contributed by atoms with Gasteiger partial charge in [-0.15, -0.1) is 0 Å². The highest BCUT2D eigenvalue weighted by Crippen LogP contribution is 2.30. The van der Waals surface area contributed by atoms with Crippen LogP contribution in [0.15, 0.2) is 6.20 Å². The van der Waals surface area contributed by atoms with Crippen LogP contribution in [-0.4, -0.2) is 27.1 Å². The topological polar surface area (TPSA) is 38.1 Å². The van der Waals surface area contributed by atoms with Gasteiger partial charge < -0.3 is 4.90 Å². The van der Waals surface area contributed by atoms with Crippen LogP contribution in [0.2, 0.25) is 0 Å². The fraction of sp³-hybridized carbons (Fsp3) is 0.692. The van der Waals surface area contributed by atoms with Crippen molar-refractivity contribution in [2.45, 2.75) is 38.6 Å². The van der Waals surface area contributed by atoms with Crippen molar-refractivity contribution in [2.75, 3.05) is 6.54 Å². The van der Waals surface area contributed by atoms with E-state index in [0.29, 0.717) is 11.8 Å². The second-order valence-corrected chi connectivity index (χ2v) is 5.23. The lowest BCUT2D eigenvalue weighted by molar-refractivity contribution is -0.138. The zero-order chi connectivity index (χ0) is 11.8. The van der Waals surface area contributed by atoms with E-state index in [4.69, 9.17) is 0 Å². The number of rotatable bonds is 1. The molecule has 0 bridgehead atoms. The van der Waals surface area contributed by atoms with Gasteiger partial charge in [-0.25, -0.2) is 0 Å². The van der Waals surface area contributed by atoms with Crippen molar-refractivity contribution in [3.05, 3.63) is 17.5 Å². The van der Waals surface area contributed by atoms with Crippen LogP contribution in [0.4, 0.5) is 0 Å². The molecule has 0 atom stereocenters. The van der Waals surface area contributed by atoms with Gasteiger partial charge in [0.1, 0.15) is 0 Å². The molecule has 0 N–H and O–H groups in total. The van der Waals surface area contributed by atoms with Crippen molar-refractivity contribution in [1.29, 1.82) is 0 Å². The Bertz CT molecular complexity index is 434. The SMILES string of the molecule is Cn1ncc2c1CCCN(C(=O)C1CCC1)C2. The van der Waals surface area contributed by atoms with Crippen LogP contribution >= 0.6 is 0 Å². The van der Waals surface area contributed by atoms with Crippen LogP contribution in [0.5, 0.6) is 0 Å². The average Bonchev–Trinajstić information content (AvgIpc) is 2.49. The highest BCUT2D eigenvalue weighted by molar-refractivity contribution is 5.79. The van der Waals surface area contributed by atoms with Gasteiger partial charge in [-0.1, -0.05) is 6.42 Å². The van der Waals surface area contributed by atoms with Gasteiger partial charge in [-0.2, -0.15) is 5.10 Å². The van der Waals surface area contributed by atoms with Crippen molar-refractivity contribution in [3.8, 4) is 0 Å². The van der Waals surface area contributed by atoms with Crippen LogP contribution in [0.3, 0.4) is 0 Å². The summed E-state index contributed by atoms with van der Waals surface area (Å²) in [6.45, 7) is 1.67. The lowest BCUT2D eigenvalue weighted by Crippen LogP contribution is -2.38. The minimum Gasteiger partial charge on any atom is -0.338 e. The second kappa shape index (κ2) is 4.17. The maximum atomic E-state index is 12.2. The first-order valence-electron chi connectivity index (χ1n) is 6.54. The first-order chi connectivity index (χ1) is 8.25. The van der Waals surface area contributed by atoms with Gasteiger partial charge in [0.15, 0.2) is 0 Å². The predicted molar refractivity (Wildman–Crippen MR) is 64.3 cm³/mol. The molecule has 0 unspecified atom stereocenters. The summed E-state index contributed by atoms with van der Waals surface area (Å²) in [6.07, 6.45) is 7.43. The molecule has 0 aromatic carbocycles. The van der Waals surface area contributed by atoms with Gasteiger partial charge in [0.05, 0.1) is 6.20 Å². The minimum atomic E-state index is 0.313. The lowest BCUT2D eigenvalue weighted by atomic mass is 9.84. The summed E-state index contributed by atoms with van der Waals surface area (Å²) in [6, 6.07) is 0. The molecule has 1 aliphatic heterocycles. The Balaban J connectivity index is 1.77. The van der Waals surface area contributed by atoms with E-state index in [9.17, 15) is 4.79 Å².